The van der Waals surface area contributed by atoms with E-state index in [-0.39, 0.29) is 6.04 Å². The second kappa shape index (κ2) is 5.65. The Hall–Kier alpha value is -1.22. The van der Waals surface area contributed by atoms with Gasteiger partial charge in [-0.05, 0) is 51.1 Å². The summed E-state index contributed by atoms with van der Waals surface area (Å²) in [5.74, 6) is 1.31. The molecule has 1 saturated carbocycles. The lowest BCUT2D eigenvalue weighted by Crippen LogP contribution is -2.31. The third kappa shape index (κ3) is 2.51. The van der Waals surface area contributed by atoms with E-state index in [9.17, 15) is 5.11 Å². The maximum atomic E-state index is 10.3. The smallest absolute Gasteiger partial charge is 0.122 e. The van der Waals surface area contributed by atoms with Gasteiger partial charge in [0.25, 0.3) is 0 Å². The van der Waals surface area contributed by atoms with Crippen molar-refractivity contribution in [3.05, 3.63) is 23.8 Å². The quantitative estimate of drug-likeness (QED) is 0.863. The Labute approximate surface area is 122 Å². The molecule has 1 aliphatic heterocycles. The van der Waals surface area contributed by atoms with Crippen molar-refractivity contribution < 1.29 is 5.11 Å². The fourth-order valence-electron chi connectivity index (χ4n) is 3.79. The highest BCUT2D eigenvalue weighted by atomic mass is 16.3. The highest BCUT2D eigenvalue weighted by Crippen LogP contribution is 2.41. The van der Waals surface area contributed by atoms with Gasteiger partial charge in [-0.1, -0.05) is 13.0 Å². The predicted octanol–water partition coefficient (Wildman–Crippen LogP) is 3.44. The van der Waals surface area contributed by atoms with Crippen molar-refractivity contribution in [2.75, 3.05) is 18.0 Å². The fourth-order valence-corrected chi connectivity index (χ4v) is 3.79. The van der Waals surface area contributed by atoms with Gasteiger partial charge in [0.2, 0.25) is 0 Å². The van der Waals surface area contributed by atoms with Crippen LogP contribution in [0, 0.1) is 5.92 Å². The average molecular weight is 274 g/mol. The SMILES string of the molecule is CCCNC(C)c1ccc(N2CC3CCC2C3)cc1O. The van der Waals surface area contributed by atoms with Crippen LogP contribution in [0.25, 0.3) is 0 Å². The summed E-state index contributed by atoms with van der Waals surface area (Å²) in [5, 5.41) is 13.8. The summed E-state index contributed by atoms with van der Waals surface area (Å²) in [6.07, 6.45) is 5.17. The maximum Gasteiger partial charge on any atom is 0.122 e. The van der Waals surface area contributed by atoms with E-state index in [4.69, 9.17) is 0 Å². The molecule has 110 valence electrons. The summed E-state index contributed by atoms with van der Waals surface area (Å²) in [7, 11) is 0. The lowest BCUT2D eigenvalue weighted by atomic mass is 10.0. The molecule has 0 aromatic heterocycles. The number of nitrogens with zero attached hydrogens (tertiary/aromatic N) is 1. The first kappa shape index (κ1) is 13.7. The van der Waals surface area contributed by atoms with Crippen LogP contribution in [0.2, 0.25) is 0 Å². The Morgan fingerprint density at radius 2 is 2.25 bits per heavy atom. The van der Waals surface area contributed by atoms with Crippen molar-refractivity contribution in [3.63, 3.8) is 0 Å². The predicted molar refractivity (Wildman–Crippen MR) is 83.3 cm³/mol. The minimum absolute atomic E-state index is 0.207. The van der Waals surface area contributed by atoms with E-state index in [0.717, 1.165) is 24.4 Å². The molecule has 1 aromatic carbocycles. The number of piperidine rings is 1. The van der Waals surface area contributed by atoms with E-state index >= 15 is 0 Å². The molecule has 0 radical (unpaired) electrons. The van der Waals surface area contributed by atoms with Crippen LogP contribution in [0.3, 0.4) is 0 Å². The minimum Gasteiger partial charge on any atom is -0.508 e. The Balaban J connectivity index is 1.74. The molecule has 20 heavy (non-hydrogen) atoms. The van der Waals surface area contributed by atoms with E-state index in [2.05, 4.69) is 36.2 Å². The molecule has 2 bridgehead atoms. The molecule has 0 spiro atoms. The number of anilines is 1. The molecule has 2 N–H and O–H groups in total. The normalized spacial score (nSPS) is 26.2. The standard InChI is InChI=1S/C17H26N2O/c1-3-8-18-12(2)16-7-6-15(10-17(16)20)19-11-13-4-5-14(19)9-13/h6-7,10,12-14,18,20H,3-5,8-9,11H2,1-2H3. The zero-order chi connectivity index (χ0) is 14.1. The van der Waals surface area contributed by atoms with Crippen LogP contribution in [0.5, 0.6) is 5.75 Å². The molecule has 2 fully saturated rings. The Morgan fingerprint density at radius 1 is 1.40 bits per heavy atom. The summed E-state index contributed by atoms with van der Waals surface area (Å²) >= 11 is 0. The number of rotatable bonds is 5. The summed E-state index contributed by atoms with van der Waals surface area (Å²) in [4.78, 5) is 2.49. The zero-order valence-electron chi connectivity index (χ0n) is 12.6. The minimum atomic E-state index is 0.207. The van der Waals surface area contributed by atoms with Gasteiger partial charge >= 0.3 is 0 Å². The van der Waals surface area contributed by atoms with Gasteiger partial charge < -0.3 is 15.3 Å². The van der Waals surface area contributed by atoms with Gasteiger partial charge in [-0.25, -0.2) is 0 Å². The molecule has 1 aromatic rings. The first-order valence-corrected chi connectivity index (χ1v) is 8.02. The number of nitrogens with one attached hydrogen (secondary N) is 1. The molecule has 1 aliphatic carbocycles. The third-order valence-corrected chi connectivity index (χ3v) is 4.92. The molecular formula is C17H26N2O. The van der Waals surface area contributed by atoms with Crippen molar-refractivity contribution in [2.24, 2.45) is 5.92 Å². The monoisotopic (exact) mass is 274 g/mol. The Bertz CT molecular complexity index is 474. The summed E-state index contributed by atoms with van der Waals surface area (Å²) in [6, 6.07) is 7.14. The van der Waals surface area contributed by atoms with Gasteiger partial charge in [0.15, 0.2) is 0 Å². The van der Waals surface area contributed by atoms with Gasteiger partial charge in [-0.2, -0.15) is 0 Å². The van der Waals surface area contributed by atoms with Crippen molar-refractivity contribution in [2.45, 2.75) is 51.6 Å². The fraction of sp³-hybridized carbons (Fsp3) is 0.647. The summed E-state index contributed by atoms with van der Waals surface area (Å²) in [5.41, 5.74) is 2.20. The first-order chi connectivity index (χ1) is 9.69. The second-order valence-electron chi connectivity index (χ2n) is 6.40. The van der Waals surface area contributed by atoms with Crippen LogP contribution < -0.4 is 10.2 Å². The van der Waals surface area contributed by atoms with Gasteiger partial charge in [0, 0.05) is 35.9 Å². The zero-order valence-corrected chi connectivity index (χ0v) is 12.6. The van der Waals surface area contributed by atoms with Gasteiger partial charge in [-0.3, -0.25) is 0 Å². The number of phenolic OH excluding ortho intramolecular Hbond substituents is 1. The average Bonchev–Trinajstić information content (AvgIpc) is 3.07. The highest BCUT2D eigenvalue weighted by molar-refractivity contribution is 5.56. The molecule has 3 unspecified atom stereocenters. The molecule has 1 saturated heterocycles. The van der Waals surface area contributed by atoms with Crippen LogP contribution in [-0.2, 0) is 0 Å². The number of hydrogen-bond acceptors (Lipinski definition) is 3. The molecule has 3 nitrogen and oxygen atoms in total. The number of phenols is 1. The molecule has 3 atom stereocenters. The molecule has 1 heterocycles. The molecule has 3 heteroatoms. The van der Waals surface area contributed by atoms with Crippen LogP contribution in [-0.4, -0.2) is 24.2 Å². The molecule has 3 rings (SSSR count). The van der Waals surface area contributed by atoms with Crippen LogP contribution in [0.15, 0.2) is 18.2 Å². The number of fused-ring (bicyclic) bond motifs is 2. The number of aromatic hydroxyl groups is 1. The first-order valence-electron chi connectivity index (χ1n) is 8.02. The van der Waals surface area contributed by atoms with Crippen molar-refractivity contribution in [3.8, 4) is 5.75 Å². The molecular weight excluding hydrogens is 248 g/mol. The molecule has 2 aliphatic rings. The van der Waals surface area contributed by atoms with Gasteiger partial charge in [0.05, 0.1) is 0 Å². The van der Waals surface area contributed by atoms with E-state index in [1.165, 1.54) is 31.5 Å². The van der Waals surface area contributed by atoms with Crippen LogP contribution in [0.4, 0.5) is 5.69 Å². The van der Waals surface area contributed by atoms with E-state index in [1.807, 2.05) is 6.07 Å². The van der Waals surface area contributed by atoms with Crippen molar-refractivity contribution in [1.29, 1.82) is 0 Å². The largest absolute Gasteiger partial charge is 0.508 e. The third-order valence-electron chi connectivity index (χ3n) is 4.92. The molecule has 0 amide bonds. The van der Waals surface area contributed by atoms with Crippen LogP contribution in [0.1, 0.15) is 51.1 Å². The van der Waals surface area contributed by atoms with Crippen molar-refractivity contribution >= 4 is 5.69 Å². The van der Waals surface area contributed by atoms with E-state index < -0.39 is 0 Å². The van der Waals surface area contributed by atoms with Gasteiger partial charge in [-0.15, -0.1) is 0 Å². The van der Waals surface area contributed by atoms with Crippen molar-refractivity contribution in [1.82, 2.24) is 5.32 Å². The lowest BCUT2D eigenvalue weighted by Gasteiger charge is -2.29. The topological polar surface area (TPSA) is 35.5 Å². The Kier molecular flexibility index (Phi) is 3.88. The highest BCUT2D eigenvalue weighted by Gasteiger charge is 2.37. The summed E-state index contributed by atoms with van der Waals surface area (Å²) in [6.45, 7) is 6.43. The number of hydrogen-bond donors (Lipinski definition) is 2. The maximum absolute atomic E-state index is 10.3. The second-order valence-corrected chi connectivity index (χ2v) is 6.40. The van der Waals surface area contributed by atoms with E-state index in [1.54, 1.807) is 0 Å². The van der Waals surface area contributed by atoms with Gasteiger partial charge in [0.1, 0.15) is 5.75 Å². The Morgan fingerprint density at radius 3 is 2.85 bits per heavy atom. The number of benzene rings is 1. The lowest BCUT2D eigenvalue weighted by molar-refractivity contribution is 0.452. The summed E-state index contributed by atoms with van der Waals surface area (Å²) < 4.78 is 0. The van der Waals surface area contributed by atoms with Crippen LogP contribution >= 0.6 is 0 Å². The van der Waals surface area contributed by atoms with E-state index in [0.29, 0.717) is 11.8 Å².